The molecule has 0 radical (unpaired) electrons. The minimum atomic E-state index is -4.56. The Balaban J connectivity index is 2.44. The van der Waals surface area contributed by atoms with Gasteiger partial charge in [-0.15, -0.1) is 0 Å². The molecular weight excluding hydrogens is 331 g/mol. The molecule has 0 unspecified atom stereocenters. The van der Waals surface area contributed by atoms with Crippen molar-refractivity contribution in [1.82, 2.24) is 14.5 Å². The highest BCUT2D eigenvalue weighted by molar-refractivity contribution is 5.89. The summed E-state index contributed by atoms with van der Waals surface area (Å²) >= 11 is 0. The van der Waals surface area contributed by atoms with Gasteiger partial charge in [-0.25, -0.2) is 14.8 Å². The SMILES string of the molecule is CCOC(=O)c1cccn(-c2ncncc2OCC(F)(F)F)c1=O. The first kappa shape index (κ1) is 17.4. The Morgan fingerprint density at radius 3 is 2.79 bits per heavy atom. The predicted octanol–water partition coefficient (Wildman–Crippen LogP) is 1.75. The molecule has 24 heavy (non-hydrogen) atoms. The van der Waals surface area contributed by atoms with E-state index in [0.29, 0.717) is 0 Å². The van der Waals surface area contributed by atoms with Crippen LogP contribution in [0.1, 0.15) is 17.3 Å². The Bertz CT molecular complexity index is 789. The van der Waals surface area contributed by atoms with Crippen LogP contribution in [0.15, 0.2) is 35.6 Å². The molecule has 10 heteroatoms. The maximum absolute atomic E-state index is 12.4. The van der Waals surface area contributed by atoms with Gasteiger partial charge < -0.3 is 9.47 Å². The molecule has 0 saturated heterocycles. The standard InChI is InChI=1S/C14H12F3N3O4/c1-2-23-13(22)9-4-3-5-20(12(9)21)11-10(6-18-8-19-11)24-7-14(15,16)17/h3-6,8H,2,7H2,1H3. The molecule has 0 aliphatic carbocycles. The van der Waals surface area contributed by atoms with Gasteiger partial charge >= 0.3 is 12.1 Å². The molecule has 0 aromatic carbocycles. The quantitative estimate of drug-likeness (QED) is 0.769. The number of esters is 1. The molecule has 0 spiro atoms. The first-order valence-electron chi connectivity index (χ1n) is 6.72. The van der Waals surface area contributed by atoms with Gasteiger partial charge in [0.1, 0.15) is 11.9 Å². The molecule has 7 nitrogen and oxygen atoms in total. The lowest BCUT2D eigenvalue weighted by molar-refractivity contribution is -0.153. The van der Waals surface area contributed by atoms with Gasteiger partial charge in [0.25, 0.3) is 5.56 Å². The fourth-order valence-electron chi connectivity index (χ4n) is 1.78. The molecule has 0 fully saturated rings. The van der Waals surface area contributed by atoms with E-state index in [-0.39, 0.29) is 23.7 Å². The van der Waals surface area contributed by atoms with Gasteiger partial charge in [0.15, 0.2) is 18.2 Å². The van der Waals surface area contributed by atoms with Crippen LogP contribution in [0.3, 0.4) is 0 Å². The largest absolute Gasteiger partial charge is 0.479 e. The number of rotatable bonds is 5. The summed E-state index contributed by atoms with van der Waals surface area (Å²) in [7, 11) is 0. The molecule has 0 saturated carbocycles. The Hall–Kier alpha value is -2.91. The lowest BCUT2D eigenvalue weighted by Gasteiger charge is -2.13. The Morgan fingerprint density at radius 2 is 2.12 bits per heavy atom. The lowest BCUT2D eigenvalue weighted by Crippen LogP contribution is -2.27. The third-order valence-electron chi connectivity index (χ3n) is 2.72. The van der Waals surface area contributed by atoms with Crippen molar-refractivity contribution < 1.29 is 27.4 Å². The van der Waals surface area contributed by atoms with E-state index >= 15 is 0 Å². The van der Waals surface area contributed by atoms with Crippen LogP contribution in [0.5, 0.6) is 5.75 Å². The molecule has 2 rings (SSSR count). The first-order chi connectivity index (χ1) is 11.3. The topological polar surface area (TPSA) is 83.3 Å². The van der Waals surface area contributed by atoms with Crippen molar-refractivity contribution in [2.24, 2.45) is 0 Å². The third-order valence-corrected chi connectivity index (χ3v) is 2.72. The van der Waals surface area contributed by atoms with Crippen molar-refractivity contribution in [3.05, 3.63) is 46.8 Å². The average Bonchev–Trinajstić information content (AvgIpc) is 2.53. The predicted molar refractivity (Wildman–Crippen MR) is 75.1 cm³/mol. The van der Waals surface area contributed by atoms with Gasteiger partial charge in [-0.05, 0) is 19.1 Å². The minimum Gasteiger partial charge on any atom is -0.479 e. The molecule has 0 aliphatic rings. The van der Waals surface area contributed by atoms with Gasteiger partial charge in [-0.2, -0.15) is 13.2 Å². The summed E-state index contributed by atoms with van der Waals surface area (Å²) in [5.74, 6) is -1.41. The number of carbonyl (C=O) groups is 1. The second-order valence-corrected chi connectivity index (χ2v) is 4.43. The van der Waals surface area contributed by atoms with Crippen molar-refractivity contribution in [3.8, 4) is 11.6 Å². The van der Waals surface area contributed by atoms with Crippen LogP contribution in [0, 0.1) is 0 Å². The van der Waals surface area contributed by atoms with Crippen molar-refractivity contribution in [2.45, 2.75) is 13.1 Å². The Kier molecular flexibility index (Phi) is 5.17. The maximum atomic E-state index is 12.4. The van der Waals surface area contributed by atoms with E-state index in [9.17, 15) is 22.8 Å². The summed E-state index contributed by atoms with van der Waals surface area (Å²) in [6, 6.07) is 2.61. The molecule has 2 heterocycles. The summed E-state index contributed by atoms with van der Waals surface area (Å²) < 4.78 is 47.2. The summed E-state index contributed by atoms with van der Waals surface area (Å²) in [5, 5.41) is 0. The number of hydrogen-bond acceptors (Lipinski definition) is 6. The second kappa shape index (κ2) is 7.11. The third kappa shape index (κ3) is 4.09. The van der Waals surface area contributed by atoms with E-state index in [2.05, 4.69) is 14.7 Å². The molecule has 128 valence electrons. The highest BCUT2D eigenvalue weighted by Crippen LogP contribution is 2.21. The molecule has 2 aromatic heterocycles. The van der Waals surface area contributed by atoms with Crippen LogP contribution in [0.4, 0.5) is 13.2 Å². The van der Waals surface area contributed by atoms with Crippen LogP contribution in [-0.4, -0.2) is 39.9 Å². The fraction of sp³-hybridized carbons (Fsp3) is 0.286. The van der Waals surface area contributed by atoms with Crippen molar-refractivity contribution in [3.63, 3.8) is 0 Å². The summed E-state index contributed by atoms with van der Waals surface area (Å²) in [6.07, 6.45) is -1.28. The van der Waals surface area contributed by atoms with E-state index in [1.165, 1.54) is 18.3 Å². The maximum Gasteiger partial charge on any atom is 0.422 e. The number of halogens is 3. The fourth-order valence-corrected chi connectivity index (χ4v) is 1.78. The van der Waals surface area contributed by atoms with Gasteiger partial charge in [0, 0.05) is 6.20 Å². The minimum absolute atomic E-state index is 0.0701. The van der Waals surface area contributed by atoms with Gasteiger partial charge in [-0.3, -0.25) is 9.36 Å². The van der Waals surface area contributed by atoms with Gasteiger partial charge in [-0.1, -0.05) is 0 Å². The van der Waals surface area contributed by atoms with Crippen LogP contribution < -0.4 is 10.3 Å². The van der Waals surface area contributed by atoms with Crippen molar-refractivity contribution in [2.75, 3.05) is 13.2 Å². The molecule has 0 N–H and O–H groups in total. The summed E-state index contributed by atoms with van der Waals surface area (Å²) in [4.78, 5) is 31.4. The number of nitrogens with zero attached hydrogens (tertiary/aromatic N) is 3. The highest BCUT2D eigenvalue weighted by atomic mass is 19.4. The second-order valence-electron chi connectivity index (χ2n) is 4.43. The zero-order valence-electron chi connectivity index (χ0n) is 12.4. The van der Waals surface area contributed by atoms with E-state index in [1.807, 2.05) is 0 Å². The molecule has 0 amide bonds. The van der Waals surface area contributed by atoms with E-state index in [0.717, 1.165) is 17.1 Å². The van der Waals surface area contributed by atoms with E-state index < -0.39 is 24.3 Å². The highest BCUT2D eigenvalue weighted by Gasteiger charge is 2.29. The lowest BCUT2D eigenvalue weighted by atomic mass is 10.3. The molecule has 0 aliphatic heterocycles. The average molecular weight is 343 g/mol. The van der Waals surface area contributed by atoms with Crippen LogP contribution in [0.2, 0.25) is 0 Å². The molecular formula is C14H12F3N3O4. The molecule has 2 aromatic rings. The van der Waals surface area contributed by atoms with Crippen molar-refractivity contribution in [1.29, 1.82) is 0 Å². The summed E-state index contributed by atoms with van der Waals surface area (Å²) in [5.41, 5.74) is -1.08. The van der Waals surface area contributed by atoms with E-state index in [4.69, 9.17) is 4.74 Å². The number of ether oxygens (including phenoxy) is 2. The van der Waals surface area contributed by atoms with Crippen LogP contribution in [0.25, 0.3) is 5.82 Å². The number of alkyl halides is 3. The Morgan fingerprint density at radius 1 is 1.38 bits per heavy atom. The van der Waals surface area contributed by atoms with Crippen molar-refractivity contribution >= 4 is 5.97 Å². The number of hydrogen-bond donors (Lipinski definition) is 0. The number of pyridine rings is 1. The zero-order chi connectivity index (χ0) is 17.7. The van der Waals surface area contributed by atoms with Crippen LogP contribution >= 0.6 is 0 Å². The van der Waals surface area contributed by atoms with Gasteiger partial charge in [0.2, 0.25) is 0 Å². The molecule has 0 bridgehead atoms. The number of carbonyl (C=O) groups excluding carboxylic acids is 1. The van der Waals surface area contributed by atoms with Gasteiger partial charge in [0.05, 0.1) is 12.8 Å². The monoisotopic (exact) mass is 343 g/mol. The normalized spacial score (nSPS) is 11.2. The van der Waals surface area contributed by atoms with E-state index in [1.54, 1.807) is 6.92 Å². The summed E-state index contributed by atoms with van der Waals surface area (Å²) in [6.45, 7) is 0.0766. The smallest absolute Gasteiger partial charge is 0.422 e. The van der Waals surface area contributed by atoms with Crippen LogP contribution in [-0.2, 0) is 4.74 Å². The first-order valence-corrected chi connectivity index (χ1v) is 6.72. The number of aromatic nitrogens is 3. The zero-order valence-corrected chi connectivity index (χ0v) is 12.4. The Labute approximate surface area is 133 Å². The molecule has 0 atom stereocenters.